The molecule has 1 N–H and O–H groups in total. The molecule has 1 aliphatic heterocycles. The summed E-state index contributed by atoms with van der Waals surface area (Å²) in [5.74, 6) is -0.685. The van der Waals surface area contributed by atoms with Gasteiger partial charge in [-0.25, -0.2) is 4.79 Å². The molecule has 20 heavy (non-hydrogen) atoms. The number of hydrogen-bond acceptors (Lipinski definition) is 2. The van der Waals surface area contributed by atoms with Crippen molar-refractivity contribution in [2.75, 3.05) is 0 Å². The second-order valence-electron chi connectivity index (χ2n) is 7.63. The fraction of sp³-hybridized carbons (Fsp3) is 0.800. The lowest BCUT2D eigenvalue weighted by atomic mass is 9.87. The largest absolute Gasteiger partial charge is 0.478 e. The van der Waals surface area contributed by atoms with Crippen molar-refractivity contribution in [2.45, 2.75) is 76.9 Å². The number of carbonyl (C=O) groups is 1. The molecule has 3 nitrogen and oxygen atoms in total. The minimum atomic E-state index is -1.26. The average molecular weight is 312 g/mol. The summed E-state index contributed by atoms with van der Waals surface area (Å²) in [5.41, 5.74) is 1.91. The van der Waals surface area contributed by atoms with Crippen LogP contribution in [-0.4, -0.2) is 37.8 Å². The first-order valence-electron chi connectivity index (χ1n) is 7.92. The van der Waals surface area contributed by atoms with Crippen molar-refractivity contribution in [1.29, 1.82) is 0 Å². The Morgan fingerprint density at radius 2 is 1.80 bits per heavy atom. The minimum absolute atomic E-state index is 0.624. The Morgan fingerprint density at radius 1 is 1.25 bits per heavy atom. The monoisotopic (exact) mass is 311 g/mol. The van der Waals surface area contributed by atoms with E-state index in [1.54, 1.807) is 0 Å². The van der Waals surface area contributed by atoms with E-state index in [0.29, 0.717) is 11.6 Å². The summed E-state index contributed by atoms with van der Waals surface area (Å²) in [5, 5.41) is 9.34. The molecule has 1 aliphatic carbocycles. The smallest absolute Gasteiger partial charge is 0.331 e. The van der Waals surface area contributed by atoms with Crippen LogP contribution in [0.5, 0.6) is 0 Å². The van der Waals surface area contributed by atoms with E-state index in [0.717, 1.165) is 25.7 Å². The summed E-state index contributed by atoms with van der Waals surface area (Å²) in [4.78, 5) is 11.4. The van der Waals surface area contributed by atoms with Crippen molar-refractivity contribution in [3.05, 3.63) is 11.1 Å². The molecule has 0 radical (unpaired) electrons. The highest BCUT2D eigenvalue weighted by molar-refractivity contribution is 6.95. The average Bonchev–Trinajstić information content (AvgIpc) is 2.57. The van der Waals surface area contributed by atoms with Crippen LogP contribution in [0.2, 0.25) is 38.3 Å². The van der Waals surface area contributed by atoms with E-state index in [2.05, 4.69) is 37.3 Å². The standard InChI is InChI=1S/C15H29NO2Si2/c1-6-12-11-13(7-8-14(12)15(17)18)16-19(2,3)9-10-20(16,4)5/h13H,6-11H2,1-5H3,(H,17,18). The number of aliphatic carboxylic acids is 1. The van der Waals surface area contributed by atoms with Gasteiger partial charge in [0.15, 0.2) is 0 Å². The molecular formula is C15H29NO2Si2. The molecule has 0 aromatic carbocycles. The van der Waals surface area contributed by atoms with Gasteiger partial charge in [-0.3, -0.25) is 0 Å². The Kier molecular flexibility index (Phi) is 4.33. The van der Waals surface area contributed by atoms with E-state index in [1.165, 1.54) is 17.7 Å². The van der Waals surface area contributed by atoms with E-state index in [-0.39, 0.29) is 0 Å². The Morgan fingerprint density at radius 3 is 2.25 bits per heavy atom. The molecule has 2 rings (SSSR count). The Hall–Kier alpha value is -0.396. The molecule has 2 aliphatic rings. The molecule has 1 heterocycles. The maximum atomic E-state index is 11.4. The zero-order valence-corrected chi connectivity index (χ0v) is 15.6. The molecule has 0 amide bonds. The van der Waals surface area contributed by atoms with Crippen LogP contribution in [0.15, 0.2) is 11.1 Å². The van der Waals surface area contributed by atoms with Crippen LogP contribution in [0, 0.1) is 0 Å². The zero-order valence-electron chi connectivity index (χ0n) is 13.6. The molecule has 1 fully saturated rings. The first-order chi connectivity index (χ1) is 9.19. The van der Waals surface area contributed by atoms with E-state index in [4.69, 9.17) is 0 Å². The van der Waals surface area contributed by atoms with Gasteiger partial charge in [-0.15, -0.1) is 0 Å². The Labute approximate surface area is 125 Å². The topological polar surface area (TPSA) is 40.5 Å². The van der Waals surface area contributed by atoms with Gasteiger partial charge in [0.1, 0.15) is 16.5 Å². The molecule has 0 aromatic rings. The van der Waals surface area contributed by atoms with Gasteiger partial charge in [0.2, 0.25) is 0 Å². The van der Waals surface area contributed by atoms with Crippen LogP contribution in [-0.2, 0) is 4.79 Å². The quantitative estimate of drug-likeness (QED) is 0.799. The predicted molar refractivity (Wildman–Crippen MR) is 89.0 cm³/mol. The van der Waals surface area contributed by atoms with Gasteiger partial charge >= 0.3 is 5.97 Å². The van der Waals surface area contributed by atoms with Gasteiger partial charge in [0.05, 0.1) is 0 Å². The summed E-state index contributed by atoms with van der Waals surface area (Å²) in [6.07, 6.45) is 3.73. The molecular weight excluding hydrogens is 282 g/mol. The van der Waals surface area contributed by atoms with Gasteiger partial charge in [0, 0.05) is 11.6 Å². The third-order valence-electron chi connectivity index (χ3n) is 5.34. The highest BCUT2D eigenvalue weighted by Crippen LogP contribution is 2.43. The number of carboxylic acid groups (broad SMARTS) is 1. The second-order valence-corrected chi connectivity index (χ2v) is 17.3. The predicted octanol–water partition coefficient (Wildman–Crippen LogP) is 4.06. The second kappa shape index (κ2) is 5.42. The van der Waals surface area contributed by atoms with Crippen LogP contribution in [0.3, 0.4) is 0 Å². The van der Waals surface area contributed by atoms with Crippen molar-refractivity contribution >= 4 is 22.4 Å². The van der Waals surface area contributed by atoms with E-state index in [9.17, 15) is 9.90 Å². The molecule has 114 valence electrons. The maximum Gasteiger partial charge on any atom is 0.331 e. The van der Waals surface area contributed by atoms with Crippen molar-refractivity contribution < 1.29 is 9.90 Å². The SMILES string of the molecule is CCC1=C(C(=O)O)CCC(N2[Si](C)(C)CC[Si]2(C)C)C1. The number of nitrogens with zero attached hydrogens (tertiary/aromatic N) is 1. The van der Waals surface area contributed by atoms with Crippen LogP contribution >= 0.6 is 0 Å². The summed E-state index contributed by atoms with van der Waals surface area (Å²) < 4.78 is 2.95. The first kappa shape index (κ1) is 16.0. The lowest BCUT2D eigenvalue weighted by Crippen LogP contribution is -2.60. The Balaban J connectivity index is 2.26. The number of hydrogen-bond donors (Lipinski definition) is 1. The van der Waals surface area contributed by atoms with Crippen LogP contribution < -0.4 is 0 Å². The molecule has 5 heteroatoms. The molecule has 1 unspecified atom stereocenters. The third-order valence-corrected chi connectivity index (χ3v) is 15.8. The van der Waals surface area contributed by atoms with E-state index < -0.39 is 22.4 Å². The van der Waals surface area contributed by atoms with Crippen LogP contribution in [0.25, 0.3) is 0 Å². The highest BCUT2D eigenvalue weighted by atomic mass is 28.4. The lowest BCUT2D eigenvalue weighted by Gasteiger charge is -2.47. The molecule has 0 bridgehead atoms. The highest BCUT2D eigenvalue weighted by Gasteiger charge is 2.50. The molecule has 0 saturated carbocycles. The van der Waals surface area contributed by atoms with Crippen molar-refractivity contribution in [2.24, 2.45) is 0 Å². The van der Waals surface area contributed by atoms with Gasteiger partial charge in [-0.05, 0) is 37.8 Å². The first-order valence-corrected chi connectivity index (χ1v) is 14.2. The van der Waals surface area contributed by atoms with Crippen LogP contribution in [0.1, 0.15) is 32.6 Å². The zero-order chi connectivity index (χ0) is 15.1. The van der Waals surface area contributed by atoms with Crippen molar-refractivity contribution in [3.63, 3.8) is 0 Å². The fourth-order valence-electron chi connectivity index (χ4n) is 4.49. The van der Waals surface area contributed by atoms with Crippen molar-refractivity contribution in [3.8, 4) is 0 Å². The summed E-state index contributed by atoms with van der Waals surface area (Å²) in [7, 11) is -2.52. The van der Waals surface area contributed by atoms with Gasteiger partial charge in [-0.1, -0.05) is 38.7 Å². The van der Waals surface area contributed by atoms with Gasteiger partial charge in [0.25, 0.3) is 0 Å². The molecule has 1 saturated heterocycles. The summed E-state index contributed by atoms with van der Waals surface area (Å²) in [6, 6.07) is 3.48. The summed E-state index contributed by atoms with van der Waals surface area (Å²) in [6.45, 7) is 12.1. The molecule has 0 aromatic heterocycles. The molecule has 0 spiro atoms. The van der Waals surface area contributed by atoms with E-state index >= 15 is 0 Å². The fourth-order valence-corrected chi connectivity index (χ4v) is 19.5. The van der Waals surface area contributed by atoms with Crippen LogP contribution in [0.4, 0.5) is 0 Å². The minimum Gasteiger partial charge on any atom is -0.478 e. The van der Waals surface area contributed by atoms with Gasteiger partial charge < -0.3 is 9.34 Å². The van der Waals surface area contributed by atoms with Gasteiger partial charge in [-0.2, -0.15) is 0 Å². The Bertz CT molecular complexity index is 427. The maximum absolute atomic E-state index is 11.4. The van der Waals surface area contributed by atoms with Crippen molar-refractivity contribution in [1.82, 2.24) is 4.23 Å². The van der Waals surface area contributed by atoms with E-state index in [1.807, 2.05) is 0 Å². The number of carboxylic acids is 1. The normalized spacial score (nSPS) is 29.8. The lowest BCUT2D eigenvalue weighted by molar-refractivity contribution is -0.133. The number of rotatable bonds is 3. The molecule has 1 atom stereocenters. The summed E-state index contributed by atoms with van der Waals surface area (Å²) >= 11 is 0. The third kappa shape index (κ3) is 2.80.